The quantitative estimate of drug-likeness (QED) is 0.678. The number of carbonyl (C=O) groups is 1. The number of carbonyl (C=O) groups excluding carboxylic acids is 1. The highest BCUT2D eigenvalue weighted by Crippen LogP contribution is 2.25. The molecule has 0 bridgehead atoms. The number of nitrogens with zero attached hydrogens (tertiary/aromatic N) is 2. The molecular weight excluding hydrogens is 288 g/mol. The normalized spacial score (nSPS) is 11.9. The number of aromatic nitrogens is 2. The maximum absolute atomic E-state index is 12.0. The van der Waals surface area contributed by atoms with Gasteiger partial charge >= 0.3 is 5.97 Å². The van der Waals surface area contributed by atoms with Crippen molar-refractivity contribution in [1.82, 2.24) is 9.55 Å². The van der Waals surface area contributed by atoms with Gasteiger partial charge in [-0.2, -0.15) is 0 Å². The van der Waals surface area contributed by atoms with Gasteiger partial charge in [-0.15, -0.1) is 0 Å². The second kappa shape index (κ2) is 6.92. The summed E-state index contributed by atoms with van der Waals surface area (Å²) in [6, 6.07) is 20.3. The molecule has 0 saturated carbocycles. The van der Waals surface area contributed by atoms with Crippen LogP contribution in [-0.2, 0) is 11.2 Å². The van der Waals surface area contributed by atoms with Crippen LogP contribution >= 0.6 is 0 Å². The van der Waals surface area contributed by atoms with Crippen LogP contribution < -0.4 is 0 Å². The molecule has 0 spiro atoms. The Hall–Kier alpha value is -2.88. The van der Waals surface area contributed by atoms with Gasteiger partial charge in [-0.1, -0.05) is 60.7 Å². The third-order valence-electron chi connectivity index (χ3n) is 3.85. The molecule has 2 aromatic carbocycles. The van der Waals surface area contributed by atoms with Crippen molar-refractivity contribution < 1.29 is 9.53 Å². The van der Waals surface area contributed by atoms with Gasteiger partial charge in [0.25, 0.3) is 0 Å². The highest BCUT2D eigenvalue weighted by molar-refractivity contribution is 5.87. The molecular formula is C19H18N2O2. The van der Waals surface area contributed by atoms with Gasteiger partial charge in [0.2, 0.25) is 0 Å². The summed E-state index contributed by atoms with van der Waals surface area (Å²) < 4.78 is 6.75. The Balaban J connectivity index is 2.02. The summed E-state index contributed by atoms with van der Waals surface area (Å²) in [5.74, 6) is -0.378. The van der Waals surface area contributed by atoms with Crippen LogP contribution in [0, 0.1) is 0 Å². The summed E-state index contributed by atoms with van der Waals surface area (Å²) in [5, 5.41) is 0. The lowest BCUT2D eigenvalue weighted by Gasteiger charge is -2.21. The number of esters is 1. The largest absolute Gasteiger partial charge is 0.464 e. The molecule has 0 N–H and O–H groups in total. The molecule has 0 aliphatic rings. The Morgan fingerprint density at radius 1 is 1.09 bits per heavy atom. The molecule has 23 heavy (non-hydrogen) atoms. The molecule has 1 atom stereocenters. The van der Waals surface area contributed by atoms with Crippen LogP contribution in [0.2, 0.25) is 0 Å². The Labute approximate surface area is 135 Å². The van der Waals surface area contributed by atoms with Crippen LogP contribution in [0.5, 0.6) is 0 Å². The second-order valence-corrected chi connectivity index (χ2v) is 5.29. The smallest absolute Gasteiger partial charge is 0.356 e. The first kappa shape index (κ1) is 15.0. The number of rotatable bonds is 5. The number of methoxy groups -OCH3 is 1. The van der Waals surface area contributed by atoms with Gasteiger partial charge in [-0.05, 0) is 17.5 Å². The van der Waals surface area contributed by atoms with E-state index >= 15 is 0 Å². The molecule has 1 unspecified atom stereocenters. The van der Waals surface area contributed by atoms with E-state index in [0.717, 1.165) is 12.0 Å². The summed E-state index contributed by atoms with van der Waals surface area (Å²) in [6.07, 6.45) is 4.00. The molecule has 116 valence electrons. The fourth-order valence-electron chi connectivity index (χ4n) is 2.71. The zero-order valence-corrected chi connectivity index (χ0v) is 12.9. The van der Waals surface area contributed by atoms with E-state index in [0.29, 0.717) is 5.69 Å². The first-order valence-electron chi connectivity index (χ1n) is 7.48. The minimum atomic E-state index is -0.378. The molecule has 3 aromatic rings. The van der Waals surface area contributed by atoms with E-state index in [2.05, 4.69) is 29.2 Å². The van der Waals surface area contributed by atoms with Gasteiger partial charge in [0.15, 0.2) is 0 Å². The van der Waals surface area contributed by atoms with E-state index in [1.54, 1.807) is 12.5 Å². The van der Waals surface area contributed by atoms with E-state index in [-0.39, 0.29) is 12.0 Å². The van der Waals surface area contributed by atoms with E-state index in [1.165, 1.54) is 12.7 Å². The standard InChI is InChI=1S/C19H18N2O2/c1-23-19(22)18-13-20-14-21(18)17(16-10-6-3-7-11-16)12-15-8-4-2-5-9-15/h2-11,13-14,17H,12H2,1H3. The maximum atomic E-state index is 12.0. The zero-order chi connectivity index (χ0) is 16.1. The number of imidazole rings is 1. The van der Waals surface area contributed by atoms with Gasteiger partial charge in [0, 0.05) is 0 Å². The highest BCUT2D eigenvalue weighted by atomic mass is 16.5. The van der Waals surface area contributed by atoms with Crippen LogP contribution in [0.25, 0.3) is 0 Å². The molecule has 4 nitrogen and oxygen atoms in total. The Morgan fingerprint density at radius 2 is 1.74 bits per heavy atom. The second-order valence-electron chi connectivity index (χ2n) is 5.29. The molecule has 1 heterocycles. The van der Waals surface area contributed by atoms with Crippen molar-refractivity contribution in [3.63, 3.8) is 0 Å². The van der Waals surface area contributed by atoms with Crippen LogP contribution in [0.4, 0.5) is 0 Å². The number of hydrogen-bond donors (Lipinski definition) is 0. The van der Waals surface area contributed by atoms with Crippen LogP contribution in [-0.4, -0.2) is 22.6 Å². The molecule has 0 amide bonds. The van der Waals surface area contributed by atoms with Crippen molar-refractivity contribution >= 4 is 5.97 Å². The molecule has 0 radical (unpaired) electrons. The minimum Gasteiger partial charge on any atom is -0.464 e. The summed E-state index contributed by atoms with van der Waals surface area (Å²) in [5.41, 5.74) is 2.78. The predicted molar refractivity (Wildman–Crippen MR) is 88.3 cm³/mol. The predicted octanol–water partition coefficient (Wildman–Crippen LogP) is 3.50. The van der Waals surface area contributed by atoms with E-state index in [1.807, 2.05) is 41.0 Å². The average Bonchev–Trinajstić information content (AvgIpc) is 3.10. The SMILES string of the molecule is COC(=O)c1cncn1C(Cc1ccccc1)c1ccccc1. The summed E-state index contributed by atoms with van der Waals surface area (Å²) >= 11 is 0. The Kier molecular flexibility index (Phi) is 4.52. The fraction of sp³-hybridized carbons (Fsp3) is 0.158. The minimum absolute atomic E-state index is 0.0183. The molecule has 3 rings (SSSR count). The third kappa shape index (κ3) is 3.31. The van der Waals surface area contributed by atoms with E-state index in [9.17, 15) is 4.79 Å². The number of benzene rings is 2. The van der Waals surface area contributed by atoms with Gasteiger partial charge in [-0.3, -0.25) is 0 Å². The molecule has 1 aromatic heterocycles. The van der Waals surface area contributed by atoms with Crippen molar-refractivity contribution in [3.8, 4) is 0 Å². The number of ether oxygens (including phenoxy) is 1. The van der Waals surface area contributed by atoms with Crippen LogP contribution in [0.3, 0.4) is 0 Å². The van der Waals surface area contributed by atoms with Gasteiger partial charge in [0.05, 0.1) is 25.7 Å². The molecule has 0 fully saturated rings. The van der Waals surface area contributed by atoms with Crippen molar-refractivity contribution in [2.24, 2.45) is 0 Å². The summed E-state index contributed by atoms with van der Waals surface area (Å²) in [6.45, 7) is 0. The van der Waals surface area contributed by atoms with E-state index < -0.39 is 0 Å². The number of hydrogen-bond acceptors (Lipinski definition) is 3. The van der Waals surface area contributed by atoms with Crippen LogP contribution in [0.1, 0.15) is 27.7 Å². The highest BCUT2D eigenvalue weighted by Gasteiger charge is 2.21. The van der Waals surface area contributed by atoms with Crippen LogP contribution in [0.15, 0.2) is 73.2 Å². The molecule has 0 aliphatic heterocycles. The zero-order valence-electron chi connectivity index (χ0n) is 12.9. The monoisotopic (exact) mass is 306 g/mol. The first-order chi connectivity index (χ1) is 11.3. The molecule has 0 saturated heterocycles. The average molecular weight is 306 g/mol. The van der Waals surface area contributed by atoms with Crippen molar-refractivity contribution in [2.45, 2.75) is 12.5 Å². The van der Waals surface area contributed by atoms with Crippen molar-refractivity contribution in [2.75, 3.05) is 7.11 Å². The van der Waals surface area contributed by atoms with Gasteiger partial charge in [-0.25, -0.2) is 9.78 Å². The van der Waals surface area contributed by atoms with Gasteiger partial charge < -0.3 is 9.30 Å². The molecule has 0 aliphatic carbocycles. The van der Waals surface area contributed by atoms with Crippen molar-refractivity contribution in [1.29, 1.82) is 0 Å². The lowest BCUT2D eigenvalue weighted by Crippen LogP contribution is -2.18. The van der Waals surface area contributed by atoms with E-state index in [4.69, 9.17) is 4.74 Å². The fourth-order valence-corrected chi connectivity index (χ4v) is 2.71. The third-order valence-corrected chi connectivity index (χ3v) is 3.85. The van der Waals surface area contributed by atoms with Gasteiger partial charge in [0.1, 0.15) is 5.69 Å². The topological polar surface area (TPSA) is 44.1 Å². The molecule has 4 heteroatoms. The Bertz CT molecular complexity index is 766. The first-order valence-corrected chi connectivity index (χ1v) is 7.48. The van der Waals surface area contributed by atoms with Crippen molar-refractivity contribution in [3.05, 3.63) is 90.0 Å². The lowest BCUT2D eigenvalue weighted by molar-refractivity contribution is 0.0587. The lowest BCUT2D eigenvalue weighted by atomic mass is 9.98. The maximum Gasteiger partial charge on any atom is 0.356 e. The summed E-state index contributed by atoms with van der Waals surface area (Å²) in [4.78, 5) is 16.1. The Morgan fingerprint density at radius 3 is 2.39 bits per heavy atom. The summed E-state index contributed by atoms with van der Waals surface area (Å²) in [7, 11) is 1.38.